The van der Waals surface area contributed by atoms with Crippen molar-refractivity contribution in [2.75, 3.05) is 25.0 Å². The predicted molar refractivity (Wildman–Crippen MR) is 64.8 cm³/mol. The van der Waals surface area contributed by atoms with Crippen LogP contribution in [0.25, 0.3) is 0 Å². The van der Waals surface area contributed by atoms with E-state index in [1.807, 2.05) is 19.9 Å². The van der Waals surface area contributed by atoms with Crippen molar-refractivity contribution >= 4 is 11.6 Å². The van der Waals surface area contributed by atoms with E-state index in [1.54, 1.807) is 12.4 Å². The highest BCUT2D eigenvalue weighted by Gasteiger charge is 2.32. The van der Waals surface area contributed by atoms with Crippen LogP contribution in [0, 0.1) is 6.92 Å². The molecule has 0 aromatic carbocycles. The Morgan fingerprint density at radius 3 is 2.94 bits per heavy atom. The van der Waals surface area contributed by atoms with Gasteiger partial charge in [-0.3, -0.25) is 9.78 Å². The molecule has 5 nitrogen and oxygen atoms in total. The Morgan fingerprint density at radius 1 is 1.59 bits per heavy atom. The van der Waals surface area contributed by atoms with E-state index < -0.39 is 0 Å². The molecule has 2 N–H and O–H groups in total. The Balaban J connectivity index is 1.81. The van der Waals surface area contributed by atoms with E-state index in [-0.39, 0.29) is 18.1 Å². The maximum atomic E-state index is 11.6. The topological polar surface area (TPSA) is 63.2 Å². The molecule has 17 heavy (non-hydrogen) atoms. The molecule has 0 bridgehead atoms. The van der Waals surface area contributed by atoms with Crippen LogP contribution in [0.3, 0.4) is 0 Å². The summed E-state index contributed by atoms with van der Waals surface area (Å²) in [5.74, 6) is -0.148. The molecule has 1 amide bonds. The first-order chi connectivity index (χ1) is 8.07. The van der Waals surface area contributed by atoms with Crippen LogP contribution in [0.5, 0.6) is 0 Å². The summed E-state index contributed by atoms with van der Waals surface area (Å²) in [5, 5.41) is 5.87. The molecule has 2 rings (SSSR count). The molecule has 0 radical (unpaired) electrons. The van der Waals surface area contributed by atoms with Crippen molar-refractivity contribution in [3.05, 3.63) is 24.0 Å². The Hall–Kier alpha value is -1.46. The van der Waals surface area contributed by atoms with E-state index in [0.29, 0.717) is 5.69 Å². The van der Waals surface area contributed by atoms with Crippen molar-refractivity contribution in [3.63, 3.8) is 0 Å². The highest BCUT2D eigenvalue weighted by Crippen LogP contribution is 2.15. The van der Waals surface area contributed by atoms with Crippen molar-refractivity contribution in [2.24, 2.45) is 0 Å². The molecule has 1 aliphatic heterocycles. The van der Waals surface area contributed by atoms with E-state index in [9.17, 15) is 4.79 Å². The standard InChI is InChI=1S/C12H17N3O2/c1-9-3-10(5-13-4-9)15-11(16)6-17-12(2)7-14-8-12/h3-5,14H,6-8H2,1-2H3,(H,15,16). The number of hydrogen-bond acceptors (Lipinski definition) is 4. The summed E-state index contributed by atoms with van der Waals surface area (Å²) >= 11 is 0. The minimum absolute atomic E-state index is 0.0755. The number of aryl methyl sites for hydroxylation is 1. The van der Waals surface area contributed by atoms with Gasteiger partial charge in [0.2, 0.25) is 5.91 Å². The van der Waals surface area contributed by atoms with E-state index in [1.165, 1.54) is 0 Å². The molecule has 1 saturated heterocycles. The zero-order valence-electron chi connectivity index (χ0n) is 10.1. The van der Waals surface area contributed by atoms with Gasteiger partial charge in [-0.2, -0.15) is 0 Å². The summed E-state index contributed by atoms with van der Waals surface area (Å²) in [6.07, 6.45) is 3.37. The molecule has 0 unspecified atom stereocenters. The summed E-state index contributed by atoms with van der Waals surface area (Å²) in [6.45, 7) is 5.59. The lowest BCUT2D eigenvalue weighted by molar-refractivity contribution is -0.130. The lowest BCUT2D eigenvalue weighted by Gasteiger charge is -2.38. The summed E-state index contributed by atoms with van der Waals surface area (Å²) < 4.78 is 5.53. The van der Waals surface area contributed by atoms with Gasteiger partial charge in [0.15, 0.2) is 0 Å². The molecule has 0 aliphatic carbocycles. The molecule has 0 atom stereocenters. The van der Waals surface area contributed by atoms with Crippen molar-refractivity contribution in [1.29, 1.82) is 0 Å². The lowest BCUT2D eigenvalue weighted by Crippen LogP contribution is -2.59. The largest absolute Gasteiger partial charge is 0.363 e. The first-order valence-corrected chi connectivity index (χ1v) is 5.64. The van der Waals surface area contributed by atoms with Gasteiger partial charge in [-0.15, -0.1) is 0 Å². The van der Waals surface area contributed by atoms with Gasteiger partial charge in [-0.1, -0.05) is 0 Å². The van der Waals surface area contributed by atoms with Gasteiger partial charge >= 0.3 is 0 Å². The molecule has 92 valence electrons. The van der Waals surface area contributed by atoms with Gasteiger partial charge < -0.3 is 15.4 Å². The van der Waals surface area contributed by atoms with Gasteiger partial charge in [0.05, 0.1) is 17.5 Å². The second kappa shape index (κ2) is 4.81. The van der Waals surface area contributed by atoms with Crippen molar-refractivity contribution in [3.8, 4) is 0 Å². The number of hydrogen-bond donors (Lipinski definition) is 2. The van der Waals surface area contributed by atoms with Gasteiger partial charge in [0.25, 0.3) is 0 Å². The van der Waals surface area contributed by atoms with Crippen LogP contribution in [-0.4, -0.2) is 36.2 Å². The van der Waals surface area contributed by atoms with E-state index in [0.717, 1.165) is 18.7 Å². The Morgan fingerprint density at radius 2 is 2.35 bits per heavy atom. The van der Waals surface area contributed by atoms with Crippen LogP contribution >= 0.6 is 0 Å². The summed E-state index contributed by atoms with van der Waals surface area (Å²) in [6, 6.07) is 1.87. The number of carbonyl (C=O) groups is 1. The molecular weight excluding hydrogens is 218 g/mol. The quantitative estimate of drug-likeness (QED) is 0.806. The third-order valence-corrected chi connectivity index (χ3v) is 2.71. The zero-order valence-corrected chi connectivity index (χ0v) is 10.1. The van der Waals surface area contributed by atoms with Crippen LogP contribution in [0.4, 0.5) is 5.69 Å². The molecule has 1 fully saturated rings. The second-order valence-corrected chi connectivity index (χ2v) is 4.64. The van der Waals surface area contributed by atoms with Crippen LogP contribution in [0.15, 0.2) is 18.5 Å². The van der Waals surface area contributed by atoms with Crippen molar-refractivity contribution in [1.82, 2.24) is 10.3 Å². The molecule has 5 heteroatoms. The summed E-state index contributed by atoms with van der Waals surface area (Å²) in [4.78, 5) is 15.6. The van der Waals surface area contributed by atoms with E-state index in [2.05, 4.69) is 15.6 Å². The number of carbonyl (C=O) groups excluding carboxylic acids is 1. The fraction of sp³-hybridized carbons (Fsp3) is 0.500. The lowest BCUT2D eigenvalue weighted by atomic mass is 10.0. The number of anilines is 1. The molecular formula is C12H17N3O2. The SMILES string of the molecule is Cc1cncc(NC(=O)COC2(C)CNC2)c1. The first kappa shape index (κ1) is 12.0. The Kier molecular flexibility index (Phi) is 3.40. The Bertz CT molecular complexity index is 416. The fourth-order valence-corrected chi connectivity index (χ4v) is 1.64. The highest BCUT2D eigenvalue weighted by atomic mass is 16.5. The number of rotatable bonds is 4. The normalized spacial score (nSPS) is 17.3. The van der Waals surface area contributed by atoms with E-state index >= 15 is 0 Å². The Labute approximate surface area is 101 Å². The minimum Gasteiger partial charge on any atom is -0.363 e. The van der Waals surface area contributed by atoms with Crippen molar-refractivity contribution < 1.29 is 9.53 Å². The van der Waals surface area contributed by atoms with Gasteiger partial charge in [-0.25, -0.2) is 0 Å². The molecule has 1 aromatic heterocycles. The minimum atomic E-state index is -0.192. The van der Waals surface area contributed by atoms with Crippen LogP contribution < -0.4 is 10.6 Å². The maximum Gasteiger partial charge on any atom is 0.250 e. The van der Waals surface area contributed by atoms with Gasteiger partial charge in [0, 0.05) is 19.3 Å². The van der Waals surface area contributed by atoms with Crippen LogP contribution in [0.2, 0.25) is 0 Å². The number of amides is 1. The summed E-state index contributed by atoms with van der Waals surface area (Å²) in [7, 11) is 0. The number of pyridine rings is 1. The number of nitrogens with zero attached hydrogens (tertiary/aromatic N) is 1. The third-order valence-electron chi connectivity index (χ3n) is 2.71. The zero-order chi connectivity index (χ0) is 12.3. The first-order valence-electron chi connectivity index (χ1n) is 5.64. The van der Waals surface area contributed by atoms with Crippen molar-refractivity contribution in [2.45, 2.75) is 19.4 Å². The van der Waals surface area contributed by atoms with E-state index in [4.69, 9.17) is 4.74 Å². The fourth-order valence-electron chi connectivity index (χ4n) is 1.64. The molecule has 1 aromatic rings. The molecule has 2 heterocycles. The number of nitrogens with one attached hydrogen (secondary N) is 2. The molecule has 0 saturated carbocycles. The third kappa shape index (κ3) is 3.25. The predicted octanol–water partition coefficient (Wildman–Crippen LogP) is 0.707. The average Bonchev–Trinajstić information content (AvgIpc) is 2.24. The maximum absolute atomic E-state index is 11.6. The number of aromatic nitrogens is 1. The summed E-state index contributed by atoms with van der Waals surface area (Å²) in [5.41, 5.74) is 1.52. The van der Waals surface area contributed by atoms with Crippen LogP contribution in [0.1, 0.15) is 12.5 Å². The highest BCUT2D eigenvalue weighted by molar-refractivity contribution is 5.91. The monoisotopic (exact) mass is 235 g/mol. The molecule has 0 spiro atoms. The number of ether oxygens (including phenoxy) is 1. The van der Waals surface area contributed by atoms with Gasteiger partial charge in [0.1, 0.15) is 6.61 Å². The van der Waals surface area contributed by atoms with Gasteiger partial charge in [-0.05, 0) is 25.5 Å². The average molecular weight is 235 g/mol. The molecule has 1 aliphatic rings. The smallest absolute Gasteiger partial charge is 0.250 e. The van der Waals surface area contributed by atoms with Crippen LogP contribution in [-0.2, 0) is 9.53 Å². The second-order valence-electron chi connectivity index (χ2n) is 4.64.